The van der Waals surface area contributed by atoms with Crippen molar-refractivity contribution in [3.63, 3.8) is 0 Å². The van der Waals surface area contributed by atoms with Crippen LogP contribution in [-0.2, 0) is 20.8 Å². The second kappa shape index (κ2) is 12.0. The molecule has 3 N–H and O–H groups in total. The minimum Gasteiger partial charge on any atom is -0.350 e. The highest BCUT2D eigenvalue weighted by Crippen LogP contribution is 2.28. The predicted octanol–water partition coefficient (Wildman–Crippen LogP) is 3.26. The number of thiazole rings is 1. The number of halogens is 1. The molecule has 1 aromatic heterocycles. The Hall–Kier alpha value is -2.96. The number of carbonyl (C=O) groups is 3. The number of hydrogen-bond donors (Lipinski definition) is 3. The molecule has 8 nitrogen and oxygen atoms in total. The number of hydrogen-bond acceptors (Lipinski definition) is 6. The molecule has 34 heavy (non-hydrogen) atoms. The van der Waals surface area contributed by atoms with Gasteiger partial charge in [0.15, 0.2) is 0 Å². The standard InChI is InChI=1S/C24H28ClN5O3S/c1-3-21(31)28-18(11-22-29-17-9-8-16(25)10-20(17)34-22)24(33)30-19(15-6-4-5-7-15)13-27-23(32)14(2)12-26/h8-10,15,18-19H,2-7,11,13H2,1H3,(H,27,32)(H,28,31)(H,30,33)/t18-,19?/m0/s1. The van der Waals surface area contributed by atoms with Gasteiger partial charge in [-0.3, -0.25) is 14.4 Å². The fraction of sp³-hybridized carbons (Fsp3) is 0.458. The molecule has 0 radical (unpaired) electrons. The van der Waals surface area contributed by atoms with E-state index < -0.39 is 11.9 Å². The van der Waals surface area contributed by atoms with Gasteiger partial charge in [-0.15, -0.1) is 11.3 Å². The fourth-order valence-electron chi connectivity index (χ4n) is 4.05. The van der Waals surface area contributed by atoms with E-state index >= 15 is 0 Å². The molecule has 1 aromatic carbocycles. The third-order valence-electron chi connectivity index (χ3n) is 5.93. The van der Waals surface area contributed by atoms with E-state index in [1.807, 2.05) is 12.1 Å². The first-order valence-electron chi connectivity index (χ1n) is 11.3. The van der Waals surface area contributed by atoms with E-state index in [0.29, 0.717) is 10.0 Å². The highest BCUT2D eigenvalue weighted by Gasteiger charge is 2.30. The topological polar surface area (TPSA) is 124 Å². The molecule has 1 aliphatic rings. The minimum atomic E-state index is -0.808. The molecule has 2 atom stereocenters. The summed E-state index contributed by atoms with van der Waals surface area (Å²) in [5.41, 5.74) is 0.607. The van der Waals surface area contributed by atoms with Gasteiger partial charge in [-0.1, -0.05) is 37.9 Å². The van der Waals surface area contributed by atoms with Gasteiger partial charge >= 0.3 is 0 Å². The minimum absolute atomic E-state index is 0.180. The Labute approximate surface area is 207 Å². The van der Waals surface area contributed by atoms with E-state index in [-0.39, 0.29) is 48.7 Å². The van der Waals surface area contributed by atoms with Crippen LogP contribution in [0, 0.1) is 17.2 Å². The third-order valence-corrected chi connectivity index (χ3v) is 7.21. The predicted molar refractivity (Wildman–Crippen MR) is 132 cm³/mol. The summed E-state index contributed by atoms with van der Waals surface area (Å²) in [5.74, 6) is -0.917. The van der Waals surface area contributed by atoms with Gasteiger partial charge in [0.2, 0.25) is 11.8 Å². The SMILES string of the molecule is C=C(C#N)C(=O)NCC(NC(=O)[C@H](Cc1nc2ccc(Cl)cc2s1)NC(=O)CC)C1CCCC1. The lowest BCUT2D eigenvalue weighted by atomic mass is 9.97. The number of amides is 3. The molecule has 3 amide bonds. The van der Waals surface area contributed by atoms with Crippen molar-refractivity contribution in [2.24, 2.45) is 5.92 Å². The lowest BCUT2D eigenvalue weighted by Gasteiger charge is -2.27. The molecule has 1 heterocycles. The molecule has 1 unspecified atom stereocenters. The van der Waals surface area contributed by atoms with Crippen LogP contribution in [0.1, 0.15) is 44.0 Å². The zero-order valence-electron chi connectivity index (χ0n) is 19.0. The van der Waals surface area contributed by atoms with Gasteiger partial charge in [0.25, 0.3) is 5.91 Å². The number of benzene rings is 1. The Morgan fingerprint density at radius 2 is 2.03 bits per heavy atom. The number of aromatic nitrogens is 1. The van der Waals surface area contributed by atoms with E-state index in [2.05, 4.69) is 27.5 Å². The van der Waals surface area contributed by atoms with Crippen LogP contribution in [0.5, 0.6) is 0 Å². The van der Waals surface area contributed by atoms with Crippen molar-refractivity contribution in [2.75, 3.05) is 6.54 Å². The second-order valence-corrected chi connectivity index (χ2v) is 9.91. The van der Waals surface area contributed by atoms with Crippen LogP contribution in [0.3, 0.4) is 0 Å². The summed E-state index contributed by atoms with van der Waals surface area (Å²) in [6, 6.07) is 6.02. The highest BCUT2D eigenvalue weighted by molar-refractivity contribution is 7.18. The number of fused-ring (bicyclic) bond motifs is 1. The molecule has 0 spiro atoms. The lowest BCUT2D eigenvalue weighted by molar-refractivity contribution is -0.129. The van der Waals surface area contributed by atoms with E-state index in [4.69, 9.17) is 16.9 Å². The first-order valence-corrected chi connectivity index (χ1v) is 12.5. The van der Waals surface area contributed by atoms with Crippen LogP contribution in [-0.4, -0.2) is 41.3 Å². The fourth-order valence-corrected chi connectivity index (χ4v) is 5.34. The largest absolute Gasteiger partial charge is 0.350 e. The maximum atomic E-state index is 13.3. The van der Waals surface area contributed by atoms with Crippen molar-refractivity contribution in [3.05, 3.63) is 40.4 Å². The Kier molecular flexibility index (Phi) is 9.02. The Balaban J connectivity index is 1.75. The normalized spacial score (nSPS) is 15.3. The quantitative estimate of drug-likeness (QED) is 0.340. The van der Waals surface area contributed by atoms with Gasteiger partial charge in [-0.05, 0) is 37.0 Å². The number of carbonyl (C=O) groups excluding carboxylic acids is 3. The zero-order chi connectivity index (χ0) is 24.7. The van der Waals surface area contributed by atoms with Crippen LogP contribution in [0.4, 0.5) is 0 Å². The molecule has 0 bridgehead atoms. The lowest BCUT2D eigenvalue weighted by Crippen LogP contribution is -2.54. The Bertz CT molecular complexity index is 1120. The van der Waals surface area contributed by atoms with Crippen molar-refractivity contribution in [3.8, 4) is 6.07 Å². The highest BCUT2D eigenvalue weighted by atomic mass is 35.5. The second-order valence-electron chi connectivity index (χ2n) is 8.36. The first kappa shape index (κ1) is 25.7. The average molecular weight is 502 g/mol. The number of nitriles is 1. The van der Waals surface area contributed by atoms with Crippen molar-refractivity contribution in [1.82, 2.24) is 20.9 Å². The molecule has 1 fully saturated rings. The van der Waals surface area contributed by atoms with Gasteiger partial charge < -0.3 is 16.0 Å². The summed E-state index contributed by atoms with van der Waals surface area (Å²) in [4.78, 5) is 42.1. The summed E-state index contributed by atoms with van der Waals surface area (Å²) in [6.07, 6.45) is 4.47. The van der Waals surface area contributed by atoms with Crippen molar-refractivity contribution in [2.45, 2.75) is 57.5 Å². The van der Waals surface area contributed by atoms with Crippen molar-refractivity contribution >= 4 is 50.9 Å². The maximum absolute atomic E-state index is 13.3. The maximum Gasteiger partial charge on any atom is 0.261 e. The summed E-state index contributed by atoms with van der Waals surface area (Å²) >= 11 is 7.51. The van der Waals surface area contributed by atoms with Crippen molar-refractivity contribution < 1.29 is 14.4 Å². The summed E-state index contributed by atoms with van der Waals surface area (Å²) in [5, 5.41) is 18.7. The number of nitrogens with zero attached hydrogens (tertiary/aromatic N) is 2. The zero-order valence-corrected chi connectivity index (χ0v) is 20.6. The Morgan fingerprint density at radius 3 is 2.71 bits per heavy atom. The van der Waals surface area contributed by atoms with E-state index in [1.54, 1.807) is 19.1 Å². The van der Waals surface area contributed by atoms with Gasteiger partial charge in [-0.2, -0.15) is 5.26 Å². The first-order chi connectivity index (χ1) is 16.3. The Morgan fingerprint density at radius 1 is 1.29 bits per heavy atom. The molecule has 180 valence electrons. The summed E-state index contributed by atoms with van der Waals surface area (Å²) in [7, 11) is 0. The van der Waals surface area contributed by atoms with E-state index in [0.717, 1.165) is 35.9 Å². The van der Waals surface area contributed by atoms with Gasteiger partial charge in [0.05, 0.1) is 15.2 Å². The van der Waals surface area contributed by atoms with Crippen LogP contribution >= 0.6 is 22.9 Å². The molecule has 0 aliphatic heterocycles. The van der Waals surface area contributed by atoms with E-state index in [9.17, 15) is 14.4 Å². The molecule has 0 saturated heterocycles. The van der Waals surface area contributed by atoms with Crippen molar-refractivity contribution in [1.29, 1.82) is 5.26 Å². The average Bonchev–Trinajstić information content (AvgIpc) is 3.49. The smallest absolute Gasteiger partial charge is 0.261 e. The molecule has 10 heteroatoms. The molecule has 1 saturated carbocycles. The van der Waals surface area contributed by atoms with Crippen LogP contribution in [0.25, 0.3) is 10.2 Å². The molecule has 1 aliphatic carbocycles. The molecular formula is C24H28ClN5O3S. The molecule has 3 rings (SSSR count). The third kappa shape index (κ3) is 6.78. The van der Waals surface area contributed by atoms with Gasteiger partial charge in [0.1, 0.15) is 17.7 Å². The van der Waals surface area contributed by atoms with Gasteiger partial charge in [0, 0.05) is 30.5 Å². The van der Waals surface area contributed by atoms with Crippen LogP contribution in [0.15, 0.2) is 30.4 Å². The summed E-state index contributed by atoms with van der Waals surface area (Å²) < 4.78 is 0.910. The number of nitrogens with one attached hydrogen (secondary N) is 3. The van der Waals surface area contributed by atoms with Gasteiger partial charge in [-0.25, -0.2) is 4.98 Å². The van der Waals surface area contributed by atoms with Crippen LogP contribution < -0.4 is 16.0 Å². The van der Waals surface area contributed by atoms with E-state index in [1.165, 1.54) is 11.3 Å². The monoisotopic (exact) mass is 501 g/mol. The van der Waals surface area contributed by atoms with Crippen LogP contribution in [0.2, 0.25) is 5.02 Å². The number of rotatable bonds is 10. The molecular weight excluding hydrogens is 474 g/mol. The molecule has 2 aromatic rings. The summed E-state index contributed by atoms with van der Waals surface area (Å²) in [6.45, 7) is 5.34.